The second-order valence-electron chi connectivity index (χ2n) is 4.71. The number of aryl methyl sites for hydroxylation is 1. The molecular weight excluding hydrogens is 203 g/mol. The Morgan fingerprint density at radius 2 is 2.00 bits per heavy atom. The molecule has 0 heterocycles. The normalized spacial score (nSPS) is 14.8. The lowest BCUT2D eigenvalue weighted by Crippen LogP contribution is -2.05. The summed E-state index contributed by atoms with van der Waals surface area (Å²) in [5.41, 5.74) is 1.55. The second kappa shape index (κ2) is 6.00. The Bertz CT molecular complexity index is 315. The van der Waals surface area contributed by atoms with E-state index >= 15 is 0 Å². The molecule has 1 rings (SSSR count). The van der Waals surface area contributed by atoms with Crippen LogP contribution in [-0.2, 0) is 0 Å². The molecule has 0 fully saturated rings. The van der Waals surface area contributed by atoms with Gasteiger partial charge in [-0.3, -0.25) is 0 Å². The van der Waals surface area contributed by atoms with Crippen LogP contribution in [0.25, 0.3) is 0 Å². The predicted octanol–water partition coefficient (Wildman–Crippen LogP) is 3.99. The zero-order chi connectivity index (χ0) is 12.1. The Hall–Kier alpha value is -0.890. The fourth-order valence-electron chi connectivity index (χ4n) is 2.08. The van der Waals surface area contributed by atoms with Crippen LogP contribution in [0.4, 0.5) is 4.39 Å². The lowest BCUT2D eigenvalue weighted by Gasteiger charge is -2.16. The van der Waals surface area contributed by atoms with Crippen LogP contribution in [0.3, 0.4) is 0 Å². The molecule has 1 aromatic carbocycles. The fourth-order valence-corrected chi connectivity index (χ4v) is 2.08. The molecule has 0 saturated heterocycles. The largest absolute Gasteiger partial charge is 0.388 e. The third-order valence-electron chi connectivity index (χ3n) is 2.86. The van der Waals surface area contributed by atoms with Gasteiger partial charge in [0.05, 0.1) is 6.10 Å². The Kier molecular flexibility index (Phi) is 4.94. The van der Waals surface area contributed by atoms with Crippen molar-refractivity contribution in [3.63, 3.8) is 0 Å². The summed E-state index contributed by atoms with van der Waals surface area (Å²) in [4.78, 5) is 0. The van der Waals surface area contributed by atoms with E-state index in [1.165, 1.54) is 12.1 Å². The van der Waals surface area contributed by atoms with Crippen molar-refractivity contribution >= 4 is 0 Å². The number of hydrogen-bond donors (Lipinski definition) is 1. The molecule has 0 aliphatic carbocycles. The highest BCUT2D eigenvalue weighted by molar-refractivity contribution is 5.25. The first-order valence-corrected chi connectivity index (χ1v) is 5.98. The van der Waals surface area contributed by atoms with Gasteiger partial charge in [0.25, 0.3) is 0 Å². The highest BCUT2D eigenvalue weighted by atomic mass is 19.1. The molecule has 90 valence electrons. The third kappa shape index (κ3) is 3.93. The van der Waals surface area contributed by atoms with Gasteiger partial charge in [-0.05, 0) is 42.5 Å². The van der Waals surface area contributed by atoms with E-state index in [0.717, 1.165) is 18.4 Å². The molecule has 1 aromatic rings. The maximum absolute atomic E-state index is 13.2. The number of aliphatic hydroxyl groups is 1. The zero-order valence-electron chi connectivity index (χ0n) is 10.3. The summed E-state index contributed by atoms with van der Waals surface area (Å²) < 4.78 is 13.2. The maximum Gasteiger partial charge on any atom is 0.123 e. The van der Waals surface area contributed by atoms with E-state index in [1.54, 1.807) is 0 Å². The molecule has 0 bridgehead atoms. The maximum atomic E-state index is 13.2. The molecule has 0 aliphatic heterocycles. The summed E-state index contributed by atoms with van der Waals surface area (Å²) in [5.74, 6) is 0.209. The van der Waals surface area contributed by atoms with E-state index in [-0.39, 0.29) is 5.82 Å². The number of aliphatic hydroxyl groups excluding tert-OH is 1. The quantitative estimate of drug-likeness (QED) is 0.801. The van der Waals surface area contributed by atoms with Crippen molar-refractivity contribution in [3.05, 3.63) is 35.1 Å². The van der Waals surface area contributed by atoms with Gasteiger partial charge in [0, 0.05) is 0 Å². The van der Waals surface area contributed by atoms with Gasteiger partial charge in [-0.25, -0.2) is 4.39 Å². The van der Waals surface area contributed by atoms with E-state index in [2.05, 4.69) is 13.8 Å². The van der Waals surface area contributed by atoms with E-state index in [1.807, 2.05) is 13.0 Å². The molecular formula is C14H21FO. The monoisotopic (exact) mass is 224 g/mol. The number of hydrogen-bond acceptors (Lipinski definition) is 1. The molecule has 1 nitrogen and oxygen atoms in total. The minimum absolute atomic E-state index is 0.266. The average molecular weight is 224 g/mol. The summed E-state index contributed by atoms with van der Waals surface area (Å²) in [7, 11) is 0. The minimum atomic E-state index is -0.545. The van der Waals surface area contributed by atoms with Gasteiger partial charge in [-0.15, -0.1) is 0 Å². The van der Waals surface area contributed by atoms with Crippen LogP contribution in [0.1, 0.15) is 50.3 Å². The Morgan fingerprint density at radius 1 is 1.31 bits per heavy atom. The van der Waals surface area contributed by atoms with Crippen LogP contribution >= 0.6 is 0 Å². The van der Waals surface area contributed by atoms with Crippen LogP contribution in [0.5, 0.6) is 0 Å². The average Bonchev–Trinajstić information content (AvgIpc) is 2.16. The van der Waals surface area contributed by atoms with Crippen LogP contribution in [0.15, 0.2) is 18.2 Å². The number of halogens is 1. The van der Waals surface area contributed by atoms with Crippen molar-refractivity contribution in [2.24, 2.45) is 5.92 Å². The molecule has 0 aliphatic rings. The van der Waals surface area contributed by atoms with E-state index in [4.69, 9.17) is 0 Å². The summed E-state index contributed by atoms with van der Waals surface area (Å²) in [5, 5.41) is 10.00. The van der Waals surface area contributed by atoms with Gasteiger partial charge < -0.3 is 5.11 Å². The smallest absolute Gasteiger partial charge is 0.123 e. The molecule has 16 heavy (non-hydrogen) atoms. The van der Waals surface area contributed by atoms with Crippen LogP contribution in [0.2, 0.25) is 0 Å². The molecule has 2 atom stereocenters. The first kappa shape index (κ1) is 13.2. The summed E-state index contributed by atoms with van der Waals surface area (Å²) in [6.07, 6.45) is 2.38. The van der Waals surface area contributed by atoms with Crippen LogP contribution in [0, 0.1) is 18.7 Å². The Balaban J connectivity index is 2.68. The Labute approximate surface area is 97.3 Å². The fraction of sp³-hybridized carbons (Fsp3) is 0.571. The SMILES string of the molecule is CCCC(C)CC(O)c1cc(C)cc(F)c1. The van der Waals surface area contributed by atoms with Crippen LogP contribution in [-0.4, -0.2) is 5.11 Å². The minimum Gasteiger partial charge on any atom is -0.388 e. The van der Waals surface area contributed by atoms with Crippen molar-refractivity contribution in [3.8, 4) is 0 Å². The van der Waals surface area contributed by atoms with Crippen molar-refractivity contribution in [1.82, 2.24) is 0 Å². The number of rotatable bonds is 5. The van der Waals surface area contributed by atoms with Gasteiger partial charge in [-0.1, -0.05) is 32.8 Å². The summed E-state index contributed by atoms with van der Waals surface area (Å²) in [6, 6.07) is 4.76. The summed E-state index contributed by atoms with van der Waals surface area (Å²) >= 11 is 0. The molecule has 2 heteroatoms. The van der Waals surface area contributed by atoms with Crippen molar-refractivity contribution in [2.45, 2.75) is 46.1 Å². The van der Waals surface area contributed by atoms with Gasteiger partial charge in [0.1, 0.15) is 5.82 Å². The third-order valence-corrected chi connectivity index (χ3v) is 2.86. The highest BCUT2D eigenvalue weighted by Gasteiger charge is 2.13. The molecule has 1 N–H and O–H groups in total. The first-order valence-electron chi connectivity index (χ1n) is 5.98. The van der Waals surface area contributed by atoms with E-state index in [9.17, 15) is 9.50 Å². The zero-order valence-corrected chi connectivity index (χ0v) is 10.3. The lowest BCUT2D eigenvalue weighted by atomic mass is 9.94. The van der Waals surface area contributed by atoms with Crippen LogP contribution < -0.4 is 0 Å². The molecule has 0 spiro atoms. The second-order valence-corrected chi connectivity index (χ2v) is 4.71. The van der Waals surface area contributed by atoms with Crippen molar-refractivity contribution < 1.29 is 9.50 Å². The number of benzene rings is 1. The predicted molar refractivity (Wildman–Crippen MR) is 64.8 cm³/mol. The Morgan fingerprint density at radius 3 is 2.56 bits per heavy atom. The van der Waals surface area contributed by atoms with Crippen molar-refractivity contribution in [1.29, 1.82) is 0 Å². The standard InChI is InChI=1S/C14H21FO/c1-4-5-10(2)8-14(16)12-6-11(3)7-13(15)9-12/h6-7,9-10,14,16H,4-5,8H2,1-3H3. The molecule has 0 radical (unpaired) electrons. The molecule has 2 unspecified atom stereocenters. The van der Waals surface area contributed by atoms with Gasteiger partial charge >= 0.3 is 0 Å². The first-order chi connectivity index (χ1) is 7.52. The molecule has 0 saturated carbocycles. The van der Waals surface area contributed by atoms with E-state index < -0.39 is 6.10 Å². The highest BCUT2D eigenvalue weighted by Crippen LogP contribution is 2.24. The molecule has 0 aromatic heterocycles. The van der Waals surface area contributed by atoms with E-state index in [0.29, 0.717) is 17.9 Å². The molecule has 0 amide bonds. The van der Waals surface area contributed by atoms with Gasteiger partial charge in [-0.2, -0.15) is 0 Å². The topological polar surface area (TPSA) is 20.2 Å². The summed E-state index contributed by atoms with van der Waals surface area (Å²) in [6.45, 7) is 6.10. The van der Waals surface area contributed by atoms with Crippen molar-refractivity contribution in [2.75, 3.05) is 0 Å². The van der Waals surface area contributed by atoms with Gasteiger partial charge in [0.15, 0.2) is 0 Å². The lowest BCUT2D eigenvalue weighted by molar-refractivity contribution is 0.144. The van der Waals surface area contributed by atoms with Gasteiger partial charge in [0.2, 0.25) is 0 Å².